The quantitative estimate of drug-likeness (QED) is 0.595. The molecular formula is C27H38O3. The first-order valence-electron chi connectivity index (χ1n) is 11.1. The summed E-state index contributed by atoms with van der Waals surface area (Å²) in [6.45, 7) is 11.7. The number of aliphatic hydroxyl groups is 3. The van der Waals surface area contributed by atoms with Crippen LogP contribution < -0.4 is 0 Å². The predicted octanol–water partition coefficient (Wildman–Crippen LogP) is 5.03. The zero-order valence-corrected chi connectivity index (χ0v) is 19.3. The van der Waals surface area contributed by atoms with Gasteiger partial charge in [0.05, 0.1) is 16.8 Å². The molecular weight excluding hydrogens is 372 g/mol. The minimum Gasteiger partial charge on any atom is -0.385 e. The Morgan fingerprint density at radius 2 is 1.10 bits per heavy atom. The molecule has 0 saturated heterocycles. The Labute approximate surface area is 181 Å². The average Bonchev–Trinajstić information content (AvgIpc) is 2.64. The van der Waals surface area contributed by atoms with E-state index in [4.69, 9.17) is 0 Å². The molecule has 0 radical (unpaired) electrons. The van der Waals surface area contributed by atoms with E-state index in [0.29, 0.717) is 0 Å². The molecule has 0 aromatic heterocycles. The maximum absolute atomic E-state index is 11.2. The third kappa shape index (κ3) is 4.80. The summed E-state index contributed by atoms with van der Waals surface area (Å²) in [5.74, 6) is -0.217. The zero-order chi connectivity index (χ0) is 22.3. The highest BCUT2D eigenvalue weighted by Crippen LogP contribution is 2.46. The number of hydrogen-bond acceptors (Lipinski definition) is 3. The lowest BCUT2D eigenvalue weighted by Crippen LogP contribution is -2.47. The molecule has 164 valence electrons. The van der Waals surface area contributed by atoms with Gasteiger partial charge in [-0.05, 0) is 60.3 Å². The molecule has 0 saturated carbocycles. The predicted molar refractivity (Wildman–Crippen MR) is 124 cm³/mol. The first-order valence-corrected chi connectivity index (χ1v) is 11.1. The smallest absolute Gasteiger partial charge is 0.0868 e. The van der Waals surface area contributed by atoms with E-state index < -0.39 is 16.8 Å². The Hall–Kier alpha value is -1.68. The molecule has 0 amide bonds. The summed E-state index contributed by atoms with van der Waals surface area (Å²) in [6, 6.07) is 0. The highest BCUT2D eigenvalue weighted by molar-refractivity contribution is 5.33. The maximum Gasteiger partial charge on any atom is 0.0868 e. The second kappa shape index (κ2) is 8.11. The van der Waals surface area contributed by atoms with E-state index in [1.807, 2.05) is 57.2 Å². The lowest BCUT2D eigenvalue weighted by molar-refractivity contribution is -0.0259. The largest absolute Gasteiger partial charge is 0.385 e. The summed E-state index contributed by atoms with van der Waals surface area (Å²) in [6.07, 6.45) is 19.6. The van der Waals surface area contributed by atoms with Crippen LogP contribution in [0, 0.1) is 23.7 Å². The van der Waals surface area contributed by atoms with Crippen LogP contribution in [-0.4, -0.2) is 32.1 Å². The maximum atomic E-state index is 11.2. The molecule has 0 aliphatic heterocycles. The second-order valence-electron chi connectivity index (χ2n) is 10.3. The van der Waals surface area contributed by atoms with Crippen molar-refractivity contribution in [3.8, 4) is 0 Å². The fourth-order valence-electron chi connectivity index (χ4n) is 5.25. The van der Waals surface area contributed by atoms with Crippen molar-refractivity contribution in [2.75, 3.05) is 0 Å². The summed E-state index contributed by atoms with van der Waals surface area (Å²) < 4.78 is 0. The molecule has 6 unspecified atom stereocenters. The van der Waals surface area contributed by atoms with Crippen molar-refractivity contribution in [2.45, 2.75) is 71.2 Å². The molecule has 3 nitrogen and oxygen atoms in total. The van der Waals surface area contributed by atoms with Crippen molar-refractivity contribution in [2.24, 2.45) is 23.7 Å². The van der Waals surface area contributed by atoms with Crippen LogP contribution in [0.5, 0.6) is 0 Å². The molecule has 0 spiro atoms. The molecule has 3 aliphatic carbocycles. The molecule has 3 heteroatoms. The molecule has 0 aromatic rings. The number of hydrogen-bond donors (Lipinski definition) is 3. The van der Waals surface area contributed by atoms with Crippen molar-refractivity contribution >= 4 is 0 Å². The molecule has 0 bridgehead atoms. The van der Waals surface area contributed by atoms with E-state index in [2.05, 4.69) is 39.0 Å². The standard InChI is InChI=1S/C27H38O3/c1-18-9-12-25(4,28)21(15-18)7-8-22(23-16-19(2)10-13-26(23,5)29)24-17-20(3)11-14-27(24,6)30/h9-17,21-24,28-30H,7-8H2,1-6H3. The molecule has 0 heterocycles. The van der Waals surface area contributed by atoms with Crippen LogP contribution in [0.15, 0.2) is 71.4 Å². The van der Waals surface area contributed by atoms with Gasteiger partial charge in [0.25, 0.3) is 0 Å². The Balaban J connectivity index is 1.95. The van der Waals surface area contributed by atoms with Gasteiger partial charge in [-0.3, -0.25) is 0 Å². The van der Waals surface area contributed by atoms with Gasteiger partial charge in [0.2, 0.25) is 0 Å². The van der Waals surface area contributed by atoms with Gasteiger partial charge in [0.1, 0.15) is 0 Å². The highest BCUT2D eigenvalue weighted by Gasteiger charge is 2.45. The van der Waals surface area contributed by atoms with Gasteiger partial charge in [-0.15, -0.1) is 0 Å². The van der Waals surface area contributed by atoms with Gasteiger partial charge in [-0.2, -0.15) is 0 Å². The highest BCUT2D eigenvalue weighted by atomic mass is 16.3. The Kier molecular flexibility index (Phi) is 6.21. The van der Waals surface area contributed by atoms with Gasteiger partial charge in [-0.1, -0.05) is 71.4 Å². The number of allylic oxidation sites excluding steroid dienone is 6. The van der Waals surface area contributed by atoms with Gasteiger partial charge in [0.15, 0.2) is 0 Å². The minimum atomic E-state index is -0.982. The first kappa shape index (κ1) is 23.0. The average molecular weight is 411 g/mol. The molecule has 3 rings (SSSR count). The van der Waals surface area contributed by atoms with Crippen LogP contribution in [0.25, 0.3) is 0 Å². The van der Waals surface area contributed by atoms with Gasteiger partial charge >= 0.3 is 0 Å². The minimum absolute atomic E-state index is 0.00770. The van der Waals surface area contributed by atoms with Crippen LogP contribution >= 0.6 is 0 Å². The fraction of sp³-hybridized carbons (Fsp3) is 0.556. The van der Waals surface area contributed by atoms with Gasteiger partial charge in [0, 0.05) is 17.8 Å². The van der Waals surface area contributed by atoms with Gasteiger partial charge in [-0.25, -0.2) is 0 Å². The van der Waals surface area contributed by atoms with Crippen molar-refractivity contribution in [3.63, 3.8) is 0 Å². The SMILES string of the molecule is CC1=CC(CCC(C2C=C(C)C=CC2(C)O)C2C=C(C)C=CC2(C)O)C(C)(O)C=C1. The second-order valence-corrected chi connectivity index (χ2v) is 10.3. The van der Waals surface area contributed by atoms with Crippen molar-refractivity contribution < 1.29 is 15.3 Å². The molecule has 3 aliphatic rings. The van der Waals surface area contributed by atoms with Crippen LogP contribution in [-0.2, 0) is 0 Å². The van der Waals surface area contributed by atoms with Crippen molar-refractivity contribution in [1.29, 1.82) is 0 Å². The Bertz CT molecular complexity index is 799. The summed E-state index contributed by atoms with van der Waals surface area (Å²) in [4.78, 5) is 0. The normalized spacial score (nSPS) is 41.9. The van der Waals surface area contributed by atoms with E-state index in [1.165, 1.54) is 0 Å². The van der Waals surface area contributed by atoms with Crippen LogP contribution in [0.1, 0.15) is 54.4 Å². The third-order valence-corrected chi connectivity index (χ3v) is 7.23. The summed E-state index contributed by atoms with van der Waals surface area (Å²) in [5, 5.41) is 33.4. The first-order chi connectivity index (χ1) is 13.8. The zero-order valence-electron chi connectivity index (χ0n) is 19.3. The summed E-state index contributed by atoms with van der Waals surface area (Å²) in [5.41, 5.74) is 0.576. The molecule has 30 heavy (non-hydrogen) atoms. The third-order valence-electron chi connectivity index (χ3n) is 7.23. The topological polar surface area (TPSA) is 60.7 Å². The van der Waals surface area contributed by atoms with Crippen molar-refractivity contribution in [1.82, 2.24) is 0 Å². The number of rotatable bonds is 5. The lowest BCUT2D eigenvalue weighted by Gasteiger charge is -2.45. The van der Waals surface area contributed by atoms with Crippen LogP contribution in [0.2, 0.25) is 0 Å². The molecule has 3 N–H and O–H groups in total. The fourth-order valence-corrected chi connectivity index (χ4v) is 5.25. The van der Waals surface area contributed by atoms with E-state index in [-0.39, 0.29) is 23.7 Å². The molecule has 0 fully saturated rings. The lowest BCUT2D eigenvalue weighted by atomic mass is 9.62. The van der Waals surface area contributed by atoms with E-state index in [9.17, 15) is 15.3 Å². The summed E-state index contributed by atoms with van der Waals surface area (Å²) >= 11 is 0. The monoisotopic (exact) mass is 410 g/mol. The van der Waals surface area contributed by atoms with E-state index in [1.54, 1.807) is 0 Å². The Morgan fingerprint density at radius 3 is 1.57 bits per heavy atom. The summed E-state index contributed by atoms with van der Waals surface area (Å²) in [7, 11) is 0. The van der Waals surface area contributed by atoms with Gasteiger partial charge < -0.3 is 15.3 Å². The van der Waals surface area contributed by atoms with E-state index >= 15 is 0 Å². The molecule has 6 atom stereocenters. The molecule has 0 aromatic carbocycles. The van der Waals surface area contributed by atoms with Crippen molar-refractivity contribution in [3.05, 3.63) is 71.4 Å². The van der Waals surface area contributed by atoms with Crippen LogP contribution in [0.4, 0.5) is 0 Å². The Morgan fingerprint density at radius 1 is 0.700 bits per heavy atom. The van der Waals surface area contributed by atoms with Crippen LogP contribution in [0.3, 0.4) is 0 Å². The van der Waals surface area contributed by atoms with E-state index in [0.717, 1.165) is 29.6 Å².